The molecule has 0 N–H and O–H groups in total. The Bertz CT molecular complexity index is 4960. The van der Waals surface area contributed by atoms with Gasteiger partial charge in [0.05, 0.1) is 16.7 Å². The highest BCUT2D eigenvalue weighted by atomic mass is 32.1. The molecule has 0 unspecified atom stereocenters. The van der Waals surface area contributed by atoms with Gasteiger partial charge in [-0.1, -0.05) is 194 Å². The van der Waals surface area contributed by atoms with Gasteiger partial charge in [0.25, 0.3) is 0 Å². The average Bonchev–Trinajstić information content (AvgIpc) is 4.03. The minimum atomic E-state index is 0.641. The van der Waals surface area contributed by atoms with Crippen LogP contribution in [0.3, 0.4) is 0 Å². The Morgan fingerprint density at radius 3 is 1.46 bits per heavy atom. The normalized spacial score (nSPS) is 12.1. The molecule has 0 fully saturated rings. The van der Waals surface area contributed by atoms with Gasteiger partial charge in [0.1, 0.15) is 0 Å². The van der Waals surface area contributed by atoms with Crippen LogP contribution in [0.1, 0.15) is 0 Å². The molecule has 0 spiro atoms. The molecule has 0 aliphatic rings. The van der Waals surface area contributed by atoms with Crippen molar-refractivity contribution >= 4 is 118 Å². The summed E-state index contributed by atoms with van der Waals surface area (Å²) in [6.45, 7) is 0. The van der Waals surface area contributed by atoms with E-state index in [1.165, 1.54) is 112 Å². The van der Waals surface area contributed by atoms with E-state index in [1.54, 1.807) is 11.3 Å². The number of fused-ring (bicyclic) bond motifs is 18. The van der Waals surface area contributed by atoms with Gasteiger partial charge in [-0.2, -0.15) is 0 Å². The molecule has 3 aromatic heterocycles. The van der Waals surface area contributed by atoms with Gasteiger partial charge >= 0.3 is 0 Å². The number of nitrogens with zero attached hydrogens (tertiary/aromatic N) is 4. The molecule has 0 saturated heterocycles. The van der Waals surface area contributed by atoms with E-state index in [-0.39, 0.29) is 0 Å². The quantitative estimate of drug-likeness (QED) is 0.161. The van der Waals surface area contributed by atoms with Gasteiger partial charge in [0, 0.05) is 53.0 Å². The van der Waals surface area contributed by atoms with Gasteiger partial charge in [0.15, 0.2) is 17.5 Å². The second kappa shape index (κ2) is 16.0. The minimum Gasteiger partial charge on any atom is -0.309 e. The molecule has 0 saturated carbocycles. The lowest BCUT2D eigenvalue weighted by Gasteiger charge is -2.17. The molecular weight excluding hydrogens is 917 g/mol. The largest absolute Gasteiger partial charge is 0.309 e. The van der Waals surface area contributed by atoms with Crippen LogP contribution in [-0.2, 0) is 0 Å². The van der Waals surface area contributed by atoms with Crippen molar-refractivity contribution < 1.29 is 0 Å². The van der Waals surface area contributed by atoms with Gasteiger partial charge in [-0.3, -0.25) is 0 Å². The van der Waals surface area contributed by atoms with Crippen LogP contribution < -0.4 is 0 Å². The number of rotatable bonds is 5. The molecule has 3 heterocycles. The Morgan fingerprint density at radius 2 is 0.730 bits per heavy atom. The highest BCUT2D eigenvalue weighted by Gasteiger charge is 2.21. The maximum atomic E-state index is 5.32. The van der Waals surface area contributed by atoms with Gasteiger partial charge in [-0.15, -0.1) is 11.3 Å². The second-order valence-corrected chi connectivity index (χ2v) is 20.4. The lowest BCUT2D eigenvalue weighted by molar-refractivity contribution is 1.08. The summed E-state index contributed by atoms with van der Waals surface area (Å²) in [6.07, 6.45) is 0. The van der Waals surface area contributed by atoms with E-state index in [0.717, 1.165) is 27.8 Å². The zero-order valence-corrected chi connectivity index (χ0v) is 40.6. The first kappa shape index (κ1) is 41.1. The van der Waals surface area contributed by atoms with Crippen molar-refractivity contribution in [3.63, 3.8) is 0 Å². The smallest absolute Gasteiger partial charge is 0.165 e. The first-order chi connectivity index (χ1) is 36.7. The fourth-order valence-corrected chi connectivity index (χ4v) is 13.3. The van der Waals surface area contributed by atoms with Crippen LogP contribution in [0.15, 0.2) is 243 Å². The van der Waals surface area contributed by atoms with Crippen molar-refractivity contribution in [2.24, 2.45) is 0 Å². The second-order valence-electron chi connectivity index (χ2n) is 19.4. The summed E-state index contributed by atoms with van der Waals surface area (Å²) in [5.41, 5.74) is 8.79. The third-order valence-corrected chi connectivity index (χ3v) is 16.6. The molecule has 16 rings (SSSR count). The molecule has 342 valence electrons. The van der Waals surface area contributed by atoms with Crippen molar-refractivity contribution in [2.75, 3.05) is 0 Å². The van der Waals surface area contributed by atoms with Crippen molar-refractivity contribution in [2.45, 2.75) is 0 Å². The number of hydrogen-bond donors (Lipinski definition) is 0. The molecule has 13 aromatic carbocycles. The molecule has 4 nitrogen and oxygen atoms in total. The van der Waals surface area contributed by atoms with E-state index in [4.69, 9.17) is 15.0 Å². The Kier molecular flexibility index (Phi) is 8.88. The zero-order chi connectivity index (χ0) is 48.4. The number of thiophene rings is 1. The third kappa shape index (κ3) is 6.11. The van der Waals surface area contributed by atoms with Crippen molar-refractivity contribution in [1.29, 1.82) is 0 Å². The molecule has 0 aliphatic heterocycles. The minimum absolute atomic E-state index is 0.641. The summed E-state index contributed by atoms with van der Waals surface area (Å²) in [4.78, 5) is 15.7. The predicted octanol–water partition coefficient (Wildman–Crippen LogP) is 18.9. The number of para-hydroxylation sites is 1. The summed E-state index contributed by atoms with van der Waals surface area (Å²) < 4.78 is 4.91. The van der Waals surface area contributed by atoms with E-state index < -0.39 is 0 Å². The van der Waals surface area contributed by atoms with Crippen LogP contribution >= 0.6 is 11.3 Å². The lowest BCUT2D eigenvalue weighted by atomic mass is 9.92. The third-order valence-electron chi connectivity index (χ3n) is 15.4. The maximum absolute atomic E-state index is 5.32. The summed E-state index contributed by atoms with van der Waals surface area (Å²) in [7, 11) is 0. The molecule has 0 bridgehead atoms. The summed E-state index contributed by atoms with van der Waals surface area (Å²) in [5, 5.41) is 19.7. The Hall–Kier alpha value is -9.55. The molecule has 0 radical (unpaired) electrons. The zero-order valence-electron chi connectivity index (χ0n) is 39.8. The van der Waals surface area contributed by atoms with E-state index in [2.05, 4.69) is 229 Å². The van der Waals surface area contributed by atoms with Crippen LogP contribution in [-0.4, -0.2) is 19.5 Å². The number of hydrogen-bond acceptors (Lipinski definition) is 4. The predicted molar refractivity (Wildman–Crippen MR) is 314 cm³/mol. The Balaban J connectivity index is 0.876. The van der Waals surface area contributed by atoms with Crippen LogP contribution in [0.25, 0.3) is 158 Å². The highest BCUT2D eigenvalue weighted by molar-refractivity contribution is 7.26. The van der Waals surface area contributed by atoms with Crippen LogP contribution in [0, 0.1) is 0 Å². The topological polar surface area (TPSA) is 43.6 Å². The standard InChI is InChI=1S/C69H40N4S/c1-2-16-41(17-3-1)67-70-68(72-69(71-67)57-28-14-27-56-53-24-11-13-31-64(53)74-66(56)57)44-33-36-51-55-26-15-30-63(65(55)54-25-9-8-22-49(54)59(51)40-44)73-61-29-12-10-23-52(61)60-39-43(34-37-62(60)73)42-32-35-50-47-20-5-4-18-45(47)46-19-6-7-21-48(46)58(50)38-42/h1-40H. The SMILES string of the molecule is c1ccc(-c2nc(-c3ccc4c(c3)c3ccccc3c3c(-n5c6ccccc6c6cc(-c7ccc8c9ccccc9c9ccccc9c8c7)ccc65)cccc43)nc(-c3cccc4c3sc3ccccc34)n2)cc1. The Morgan fingerprint density at radius 1 is 0.270 bits per heavy atom. The highest BCUT2D eigenvalue weighted by Crippen LogP contribution is 2.45. The molecule has 5 heteroatoms. The summed E-state index contributed by atoms with van der Waals surface area (Å²) >= 11 is 1.79. The first-order valence-electron chi connectivity index (χ1n) is 25.2. The molecule has 16 aromatic rings. The van der Waals surface area contributed by atoms with E-state index in [0.29, 0.717) is 17.5 Å². The summed E-state index contributed by atoms with van der Waals surface area (Å²) in [5.74, 6) is 1.95. The fourth-order valence-electron chi connectivity index (χ4n) is 12.1. The Labute approximate surface area is 428 Å². The first-order valence-corrected chi connectivity index (χ1v) is 26.0. The summed E-state index contributed by atoms with van der Waals surface area (Å²) in [6, 6.07) is 88.3. The van der Waals surface area contributed by atoms with Gasteiger partial charge in [-0.25, -0.2) is 15.0 Å². The maximum Gasteiger partial charge on any atom is 0.165 e. The molecule has 0 atom stereocenters. The molecule has 0 aliphatic carbocycles. The van der Waals surface area contributed by atoms with E-state index in [1.807, 2.05) is 18.2 Å². The molecule has 0 amide bonds. The van der Waals surface area contributed by atoms with Crippen molar-refractivity contribution in [3.8, 4) is 51.0 Å². The van der Waals surface area contributed by atoms with Crippen LogP contribution in [0.4, 0.5) is 0 Å². The van der Waals surface area contributed by atoms with E-state index in [9.17, 15) is 0 Å². The van der Waals surface area contributed by atoms with Gasteiger partial charge < -0.3 is 4.57 Å². The number of aromatic nitrogens is 4. The monoisotopic (exact) mass is 956 g/mol. The molecular formula is C69H40N4S. The van der Waals surface area contributed by atoms with Gasteiger partial charge in [-0.05, 0) is 119 Å². The van der Waals surface area contributed by atoms with Crippen molar-refractivity contribution in [3.05, 3.63) is 243 Å². The van der Waals surface area contributed by atoms with Crippen molar-refractivity contribution in [1.82, 2.24) is 19.5 Å². The molecule has 74 heavy (non-hydrogen) atoms. The lowest BCUT2D eigenvalue weighted by Crippen LogP contribution is -2.00. The van der Waals surface area contributed by atoms with Gasteiger partial charge in [0.2, 0.25) is 0 Å². The number of benzene rings is 13. The average molecular weight is 957 g/mol. The van der Waals surface area contributed by atoms with Crippen LogP contribution in [0.5, 0.6) is 0 Å². The fraction of sp³-hybridized carbons (Fsp3) is 0. The van der Waals surface area contributed by atoms with E-state index >= 15 is 0 Å². The van der Waals surface area contributed by atoms with Crippen LogP contribution in [0.2, 0.25) is 0 Å².